The van der Waals surface area contributed by atoms with Crippen LogP contribution < -0.4 is 0 Å². The second-order valence-corrected chi connectivity index (χ2v) is 10.8. The van der Waals surface area contributed by atoms with E-state index in [2.05, 4.69) is 79.6 Å². The van der Waals surface area contributed by atoms with Crippen molar-refractivity contribution < 1.29 is 5.11 Å². The molecule has 0 aromatic rings. The number of alkyl halides is 5. The Morgan fingerprint density at radius 3 is 1.17 bits per heavy atom. The molecule has 1 saturated carbocycles. The molecule has 108 valence electrons. The molecule has 1 N–H and O–H groups in total. The van der Waals surface area contributed by atoms with E-state index in [0.29, 0.717) is 19.3 Å². The molecule has 1 aliphatic rings. The Hall–Kier alpha value is 2.36. The maximum absolute atomic E-state index is 10.1. The Kier molecular flexibility index (Phi) is 9.61. The number of aliphatic hydroxyl groups excluding tert-OH is 1. The van der Waals surface area contributed by atoms with Crippen LogP contribution in [-0.2, 0) is 0 Å². The molecule has 0 spiro atoms. The number of halogens is 5. The SMILES string of the molecule is O[C@H]1CC[C@@H](Br)[C@@H](Br)CC[C@H](Br)[C@H](Br)CC[C@@H]1Br. The summed E-state index contributed by atoms with van der Waals surface area (Å²) < 4.78 is 0. The van der Waals surface area contributed by atoms with Crippen LogP contribution in [-0.4, -0.2) is 35.3 Å². The quantitative estimate of drug-likeness (QED) is 0.376. The Bertz CT molecular complexity index is 178. The van der Waals surface area contributed by atoms with Gasteiger partial charge in [0.25, 0.3) is 0 Å². The van der Waals surface area contributed by atoms with Crippen LogP contribution in [0.25, 0.3) is 0 Å². The van der Waals surface area contributed by atoms with E-state index < -0.39 is 0 Å². The van der Waals surface area contributed by atoms with Gasteiger partial charge in [0.15, 0.2) is 0 Å². The van der Waals surface area contributed by atoms with Gasteiger partial charge in [0.05, 0.1) is 6.10 Å². The van der Waals surface area contributed by atoms with Gasteiger partial charge in [-0.25, -0.2) is 0 Å². The Morgan fingerprint density at radius 1 is 0.500 bits per heavy atom. The third-order valence-corrected chi connectivity index (χ3v) is 10.2. The summed E-state index contributed by atoms with van der Waals surface area (Å²) >= 11 is 18.6. The van der Waals surface area contributed by atoms with Crippen molar-refractivity contribution in [3.63, 3.8) is 0 Å². The zero-order valence-electron chi connectivity index (χ0n) is 10.0. The predicted octanol–water partition coefficient (Wildman–Crippen LogP) is 5.52. The highest BCUT2D eigenvalue weighted by Crippen LogP contribution is 2.32. The molecule has 0 radical (unpaired) electrons. The fourth-order valence-electron chi connectivity index (χ4n) is 2.06. The lowest BCUT2D eigenvalue weighted by Gasteiger charge is -2.26. The molecule has 0 bridgehead atoms. The van der Waals surface area contributed by atoms with E-state index in [9.17, 15) is 5.11 Å². The first-order valence-electron chi connectivity index (χ1n) is 6.30. The summed E-state index contributed by atoms with van der Waals surface area (Å²) in [4.78, 5) is 2.06. The van der Waals surface area contributed by atoms with Gasteiger partial charge < -0.3 is 5.11 Å². The van der Waals surface area contributed by atoms with Gasteiger partial charge in [0.2, 0.25) is 0 Å². The zero-order valence-corrected chi connectivity index (χ0v) is 18.0. The predicted molar refractivity (Wildman–Crippen MR) is 97.3 cm³/mol. The van der Waals surface area contributed by atoms with Gasteiger partial charge in [0.1, 0.15) is 0 Å². The smallest absolute Gasteiger partial charge is 0.0665 e. The summed E-state index contributed by atoms with van der Waals surface area (Å²) in [6.45, 7) is 0. The lowest BCUT2D eigenvalue weighted by molar-refractivity contribution is 0.156. The van der Waals surface area contributed by atoms with Crippen LogP contribution in [0.4, 0.5) is 0 Å². The van der Waals surface area contributed by atoms with Crippen molar-refractivity contribution in [3.05, 3.63) is 0 Å². The Balaban J connectivity index is 2.61. The van der Waals surface area contributed by atoms with Crippen LogP contribution in [0, 0.1) is 0 Å². The average Bonchev–Trinajstić information content (AvgIpc) is 2.36. The average molecular weight is 579 g/mol. The van der Waals surface area contributed by atoms with E-state index in [0.717, 1.165) is 38.5 Å². The number of rotatable bonds is 0. The van der Waals surface area contributed by atoms with Crippen LogP contribution in [0.3, 0.4) is 0 Å². The number of hydrogen-bond donors (Lipinski definition) is 1. The topological polar surface area (TPSA) is 20.2 Å². The molecule has 0 amide bonds. The van der Waals surface area contributed by atoms with E-state index in [1.54, 1.807) is 0 Å². The van der Waals surface area contributed by atoms with Gasteiger partial charge in [-0.1, -0.05) is 79.6 Å². The second kappa shape index (κ2) is 9.39. The minimum absolute atomic E-state index is 0.199. The van der Waals surface area contributed by atoms with Crippen LogP contribution in [0.1, 0.15) is 38.5 Å². The van der Waals surface area contributed by atoms with Crippen LogP contribution in [0.15, 0.2) is 0 Å². The fraction of sp³-hybridized carbons (Fsp3) is 1.00. The normalized spacial score (nSPS) is 45.0. The Labute approximate surface area is 152 Å². The monoisotopic (exact) mass is 574 g/mol. The first-order valence-corrected chi connectivity index (χ1v) is 10.9. The lowest BCUT2D eigenvalue weighted by atomic mass is 9.99. The molecule has 0 aromatic heterocycles. The highest BCUT2D eigenvalue weighted by Gasteiger charge is 2.25. The van der Waals surface area contributed by atoms with Crippen molar-refractivity contribution >= 4 is 79.6 Å². The standard InChI is InChI=1S/C12H19Br5O/c13-7-1-2-8(14)10(16)5-6-12(18)11(17)4-3-9(7)15/h7-12,18H,1-6H2/t7-,8-,9+,10+,11-,12-/m0/s1. The first kappa shape index (κ1) is 18.4. The minimum Gasteiger partial charge on any atom is -0.392 e. The van der Waals surface area contributed by atoms with Crippen molar-refractivity contribution in [2.45, 2.75) is 68.8 Å². The summed E-state index contributed by atoms with van der Waals surface area (Å²) in [5.41, 5.74) is 0. The van der Waals surface area contributed by atoms with E-state index in [4.69, 9.17) is 0 Å². The molecule has 1 aliphatic carbocycles. The largest absolute Gasteiger partial charge is 0.392 e. The van der Waals surface area contributed by atoms with Gasteiger partial charge in [-0.2, -0.15) is 0 Å². The molecular weight excluding hydrogens is 560 g/mol. The molecule has 0 aliphatic heterocycles. The van der Waals surface area contributed by atoms with Crippen molar-refractivity contribution in [1.29, 1.82) is 0 Å². The van der Waals surface area contributed by atoms with Gasteiger partial charge in [0, 0.05) is 24.1 Å². The lowest BCUT2D eigenvalue weighted by Crippen LogP contribution is -2.27. The summed E-state index contributed by atoms with van der Waals surface area (Å²) in [5, 5.41) is 10.1. The van der Waals surface area contributed by atoms with Crippen molar-refractivity contribution in [2.75, 3.05) is 0 Å². The first-order chi connectivity index (χ1) is 8.41. The third kappa shape index (κ3) is 6.42. The van der Waals surface area contributed by atoms with Gasteiger partial charge in [-0.15, -0.1) is 0 Å². The molecule has 0 unspecified atom stereocenters. The summed E-state index contributed by atoms with van der Waals surface area (Å²) in [6, 6.07) is 0. The fourth-order valence-corrected chi connectivity index (χ4v) is 4.71. The minimum atomic E-state index is -0.252. The van der Waals surface area contributed by atoms with Gasteiger partial charge >= 0.3 is 0 Å². The second-order valence-electron chi connectivity index (χ2n) is 4.88. The van der Waals surface area contributed by atoms with Crippen molar-refractivity contribution in [2.24, 2.45) is 0 Å². The van der Waals surface area contributed by atoms with E-state index in [1.807, 2.05) is 0 Å². The maximum Gasteiger partial charge on any atom is 0.0665 e. The van der Waals surface area contributed by atoms with Crippen LogP contribution >= 0.6 is 79.6 Å². The number of hydrogen-bond acceptors (Lipinski definition) is 1. The van der Waals surface area contributed by atoms with Crippen molar-refractivity contribution in [1.82, 2.24) is 0 Å². The van der Waals surface area contributed by atoms with Gasteiger partial charge in [-0.05, 0) is 38.5 Å². The van der Waals surface area contributed by atoms with Crippen molar-refractivity contribution in [3.8, 4) is 0 Å². The third-order valence-electron chi connectivity index (χ3n) is 3.38. The summed E-state index contributed by atoms with van der Waals surface area (Å²) in [6.07, 6.45) is 5.98. The maximum atomic E-state index is 10.1. The molecule has 0 heterocycles. The molecule has 1 fully saturated rings. The molecule has 18 heavy (non-hydrogen) atoms. The highest BCUT2D eigenvalue weighted by atomic mass is 79.9. The molecule has 1 nitrogen and oxygen atoms in total. The van der Waals surface area contributed by atoms with E-state index in [1.165, 1.54) is 0 Å². The van der Waals surface area contributed by atoms with Crippen LogP contribution in [0.2, 0.25) is 0 Å². The molecular formula is C12H19Br5O. The summed E-state index contributed by atoms with van der Waals surface area (Å²) in [7, 11) is 0. The van der Waals surface area contributed by atoms with Gasteiger partial charge in [-0.3, -0.25) is 0 Å². The van der Waals surface area contributed by atoms with E-state index in [-0.39, 0.29) is 10.9 Å². The highest BCUT2D eigenvalue weighted by molar-refractivity contribution is 9.12. The van der Waals surface area contributed by atoms with Crippen LogP contribution in [0.5, 0.6) is 0 Å². The molecule has 6 atom stereocenters. The molecule has 0 saturated heterocycles. The molecule has 1 rings (SSSR count). The number of aliphatic hydroxyl groups is 1. The summed E-state index contributed by atoms with van der Waals surface area (Å²) in [5.74, 6) is 0. The molecule has 6 heteroatoms. The Morgan fingerprint density at radius 2 is 0.778 bits per heavy atom. The van der Waals surface area contributed by atoms with E-state index >= 15 is 0 Å². The zero-order chi connectivity index (χ0) is 13.7. The molecule has 0 aromatic carbocycles.